The molecular formula is C18H18N4O2. The lowest BCUT2D eigenvalue weighted by atomic mass is 10.2. The maximum atomic E-state index is 11.6. The predicted octanol–water partition coefficient (Wildman–Crippen LogP) is 2.91. The summed E-state index contributed by atoms with van der Waals surface area (Å²) in [6.07, 6.45) is 0. The smallest absolute Gasteiger partial charge is 0.360 e. The monoisotopic (exact) mass is 322 g/mol. The van der Waals surface area contributed by atoms with Gasteiger partial charge in [0, 0.05) is 13.6 Å². The van der Waals surface area contributed by atoms with Crippen molar-refractivity contribution < 1.29 is 9.90 Å². The van der Waals surface area contributed by atoms with E-state index in [1.807, 2.05) is 68.6 Å². The fourth-order valence-electron chi connectivity index (χ4n) is 2.52. The van der Waals surface area contributed by atoms with Crippen molar-refractivity contribution in [2.24, 2.45) is 0 Å². The average molecular weight is 322 g/mol. The van der Waals surface area contributed by atoms with E-state index in [2.05, 4.69) is 10.2 Å². The largest absolute Gasteiger partial charge is 0.476 e. The highest BCUT2D eigenvalue weighted by molar-refractivity contribution is 5.91. The number of anilines is 1. The highest BCUT2D eigenvalue weighted by Gasteiger charge is 2.22. The number of hydrogen-bond acceptors (Lipinski definition) is 4. The number of carboxylic acid groups (broad SMARTS) is 1. The predicted molar refractivity (Wildman–Crippen MR) is 91.6 cm³/mol. The third-order valence-corrected chi connectivity index (χ3v) is 3.75. The Hall–Kier alpha value is -3.15. The van der Waals surface area contributed by atoms with Gasteiger partial charge in [0.1, 0.15) is 0 Å². The van der Waals surface area contributed by atoms with E-state index in [4.69, 9.17) is 0 Å². The number of rotatable bonds is 5. The molecule has 1 aromatic heterocycles. The second kappa shape index (κ2) is 6.54. The molecule has 0 saturated heterocycles. The molecule has 1 heterocycles. The summed E-state index contributed by atoms with van der Waals surface area (Å²) in [4.78, 5) is 14.7. The first-order valence-corrected chi connectivity index (χ1v) is 7.58. The number of aromatic carboxylic acids is 1. The summed E-state index contributed by atoms with van der Waals surface area (Å²) in [7, 11) is 1.81. The first-order valence-electron chi connectivity index (χ1n) is 7.58. The molecule has 122 valence electrons. The molecule has 3 aromatic rings. The number of para-hydroxylation sites is 1. The first-order chi connectivity index (χ1) is 11.6. The molecule has 0 saturated carbocycles. The highest BCUT2D eigenvalue weighted by Crippen LogP contribution is 2.20. The van der Waals surface area contributed by atoms with Crippen LogP contribution in [0.3, 0.4) is 0 Å². The van der Waals surface area contributed by atoms with Crippen LogP contribution in [0.2, 0.25) is 0 Å². The molecule has 0 bridgehead atoms. The van der Waals surface area contributed by atoms with Gasteiger partial charge in [0.15, 0.2) is 5.82 Å². The molecular weight excluding hydrogens is 304 g/mol. The van der Waals surface area contributed by atoms with Gasteiger partial charge in [-0.2, -0.15) is 0 Å². The SMILES string of the molecule is Cc1ccccc1-n1nc(C(=O)O)c(N(C)Cc2ccccc2)n1. The van der Waals surface area contributed by atoms with Crippen molar-refractivity contribution in [3.8, 4) is 5.69 Å². The molecule has 1 N–H and O–H groups in total. The first kappa shape index (κ1) is 15.7. The van der Waals surface area contributed by atoms with E-state index in [9.17, 15) is 9.90 Å². The molecule has 0 amide bonds. The number of aromatic nitrogens is 3. The molecule has 6 heteroatoms. The minimum Gasteiger partial charge on any atom is -0.476 e. The van der Waals surface area contributed by atoms with E-state index >= 15 is 0 Å². The summed E-state index contributed by atoms with van der Waals surface area (Å²) in [5, 5.41) is 18.0. The van der Waals surface area contributed by atoms with E-state index in [1.54, 1.807) is 4.90 Å². The van der Waals surface area contributed by atoms with Crippen molar-refractivity contribution in [2.45, 2.75) is 13.5 Å². The lowest BCUT2D eigenvalue weighted by Gasteiger charge is -2.16. The Balaban J connectivity index is 1.98. The van der Waals surface area contributed by atoms with Gasteiger partial charge in [-0.25, -0.2) is 4.79 Å². The minimum atomic E-state index is -1.09. The Morgan fingerprint density at radius 3 is 2.42 bits per heavy atom. The molecule has 0 spiro atoms. The number of carbonyl (C=O) groups is 1. The zero-order chi connectivity index (χ0) is 17.1. The molecule has 6 nitrogen and oxygen atoms in total. The Labute approximate surface area is 140 Å². The van der Waals surface area contributed by atoms with E-state index < -0.39 is 5.97 Å². The lowest BCUT2D eigenvalue weighted by molar-refractivity contribution is 0.0690. The third kappa shape index (κ3) is 3.12. The van der Waals surface area contributed by atoms with Crippen LogP contribution in [0.25, 0.3) is 5.69 Å². The maximum absolute atomic E-state index is 11.6. The number of aryl methyl sites for hydroxylation is 1. The zero-order valence-electron chi connectivity index (χ0n) is 13.5. The second-order valence-corrected chi connectivity index (χ2v) is 5.59. The van der Waals surface area contributed by atoms with Crippen LogP contribution in [0, 0.1) is 6.92 Å². The van der Waals surface area contributed by atoms with E-state index in [-0.39, 0.29) is 5.69 Å². The summed E-state index contributed by atoms with van der Waals surface area (Å²) in [6.45, 7) is 2.49. The number of carboxylic acids is 1. The fourth-order valence-corrected chi connectivity index (χ4v) is 2.52. The van der Waals surface area contributed by atoms with Crippen LogP contribution in [0.4, 0.5) is 5.82 Å². The van der Waals surface area contributed by atoms with Crippen LogP contribution in [0.5, 0.6) is 0 Å². The van der Waals surface area contributed by atoms with E-state index in [1.165, 1.54) is 4.80 Å². The summed E-state index contributed by atoms with van der Waals surface area (Å²) in [5.74, 6) is -0.751. The van der Waals surface area contributed by atoms with Gasteiger partial charge in [0.25, 0.3) is 0 Å². The zero-order valence-corrected chi connectivity index (χ0v) is 13.5. The van der Waals surface area contributed by atoms with Gasteiger partial charge in [-0.1, -0.05) is 48.5 Å². The van der Waals surface area contributed by atoms with Gasteiger partial charge >= 0.3 is 5.97 Å². The van der Waals surface area contributed by atoms with E-state index in [0.29, 0.717) is 12.4 Å². The van der Waals surface area contributed by atoms with Gasteiger partial charge in [0.2, 0.25) is 5.69 Å². The molecule has 3 rings (SSSR count). The number of nitrogens with zero attached hydrogens (tertiary/aromatic N) is 4. The fraction of sp³-hybridized carbons (Fsp3) is 0.167. The van der Waals surface area contributed by atoms with Crippen LogP contribution in [-0.2, 0) is 6.54 Å². The van der Waals surface area contributed by atoms with Crippen molar-refractivity contribution in [3.05, 3.63) is 71.4 Å². The number of hydrogen-bond donors (Lipinski definition) is 1. The molecule has 0 aliphatic rings. The Bertz CT molecular complexity index is 858. The molecule has 0 radical (unpaired) electrons. The maximum Gasteiger partial charge on any atom is 0.360 e. The summed E-state index contributed by atoms with van der Waals surface area (Å²) >= 11 is 0. The van der Waals surface area contributed by atoms with Crippen molar-refractivity contribution in [3.63, 3.8) is 0 Å². The standard InChI is InChI=1S/C18H18N4O2/c1-13-8-6-7-11-15(13)22-19-16(18(23)24)17(20-22)21(2)12-14-9-4-3-5-10-14/h3-11H,12H2,1-2H3,(H,23,24). The van der Waals surface area contributed by atoms with Gasteiger partial charge in [-0.3, -0.25) is 0 Å². The molecule has 0 atom stereocenters. The second-order valence-electron chi connectivity index (χ2n) is 5.59. The topological polar surface area (TPSA) is 71.2 Å². The summed E-state index contributed by atoms with van der Waals surface area (Å²) in [5.41, 5.74) is 2.75. The highest BCUT2D eigenvalue weighted by atomic mass is 16.4. The Morgan fingerprint density at radius 1 is 1.08 bits per heavy atom. The Kier molecular flexibility index (Phi) is 4.29. The van der Waals surface area contributed by atoms with Crippen molar-refractivity contribution in [2.75, 3.05) is 11.9 Å². The summed E-state index contributed by atoms with van der Waals surface area (Å²) < 4.78 is 0. The van der Waals surface area contributed by atoms with Gasteiger partial charge in [-0.05, 0) is 24.1 Å². The minimum absolute atomic E-state index is 0.0586. The van der Waals surface area contributed by atoms with Crippen LogP contribution < -0.4 is 4.90 Å². The van der Waals surface area contributed by atoms with Crippen molar-refractivity contribution in [1.29, 1.82) is 0 Å². The number of benzene rings is 2. The average Bonchev–Trinajstić information content (AvgIpc) is 3.02. The molecule has 0 aliphatic heterocycles. The van der Waals surface area contributed by atoms with Crippen LogP contribution in [-0.4, -0.2) is 33.1 Å². The Morgan fingerprint density at radius 2 is 1.75 bits per heavy atom. The molecule has 2 aromatic carbocycles. The van der Waals surface area contributed by atoms with Gasteiger partial charge < -0.3 is 10.0 Å². The van der Waals surface area contributed by atoms with Crippen molar-refractivity contribution in [1.82, 2.24) is 15.0 Å². The summed E-state index contributed by atoms with van der Waals surface area (Å²) in [6, 6.07) is 17.4. The lowest BCUT2D eigenvalue weighted by Crippen LogP contribution is -2.19. The molecule has 0 unspecified atom stereocenters. The van der Waals surface area contributed by atoms with Gasteiger partial charge in [0.05, 0.1) is 5.69 Å². The quantitative estimate of drug-likeness (QED) is 0.782. The molecule has 0 aliphatic carbocycles. The van der Waals surface area contributed by atoms with Crippen LogP contribution >= 0.6 is 0 Å². The van der Waals surface area contributed by atoms with E-state index in [0.717, 1.165) is 16.8 Å². The third-order valence-electron chi connectivity index (χ3n) is 3.75. The normalized spacial score (nSPS) is 10.6. The van der Waals surface area contributed by atoms with Crippen LogP contribution in [0.1, 0.15) is 21.6 Å². The molecule has 0 fully saturated rings. The van der Waals surface area contributed by atoms with Crippen molar-refractivity contribution >= 4 is 11.8 Å². The van der Waals surface area contributed by atoms with Crippen LogP contribution in [0.15, 0.2) is 54.6 Å². The van der Waals surface area contributed by atoms with Gasteiger partial charge in [-0.15, -0.1) is 15.0 Å². The molecule has 24 heavy (non-hydrogen) atoms.